The second-order valence-electron chi connectivity index (χ2n) is 9.12. The van der Waals surface area contributed by atoms with Crippen LogP contribution in [0.4, 0.5) is 14.5 Å². The molecule has 0 bridgehead atoms. The number of carboxylic acid groups (broad SMARTS) is 2. The number of amidine groups is 1. The molecule has 1 heterocycles. The fourth-order valence-electron chi connectivity index (χ4n) is 4.06. The van der Waals surface area contributed by atoms with Crippen LogP contribution in [0.1, 0.15) is 25.7 Å². The number of piperidine rings is 1. The first-order valence-corrected chi connectivity index (χ1v) is 14.3. The van der Waals surface area contributed by atoms with E-state index in [1.165, 1.54) is 6.07 Å². The average Bonchev–Trinajstić information content (AvgIpc) is 2.97. The number of hydrogen-bond donors (Lipinski definition) is 2. The van der Waals surface area contributed by atoms with E-state index in [-0.39, 0.29) is 0 Å². The smallest absolute Gasteiger partial charge is 0.328 e. The summed E-state index contributed by atoms with van der Waals surface area (Å²) in [6.07, 6.45) is 7.28. The zero-order chi connectivity index (χ0) is 30.2. The van der Waals surface area contributed by atoms with Crippen molar-refractivity contribution < 1.29 is 38.1 Å². The predicted molar refractivity (Wildman–Crippen MR) is 156 cm³/mol. The van der Waals surface area contributed by atoms with Gasteiger partial charge in [0.1, 0.15) is 11.5 Å². The summed E-state index contributed by atoms with van der Waals surface area (Å²) in [5.74, 6) is -3.04. The molecule has 41 heavy (non-hydrogen) atoms. The molecule has 9 nitrogen and oxygen atoms in total. The van der Waals surface area contributed by atoms with Gasteiger partial charge in [0.15, 0.2) is 16.8 Å². The lowest BCUT2D eigenvalue weighted by molar-refractivity contribution is -0.134. The third-order valence-corrected chi connectivity index (χ3v) is 7.03. The van der Waals surface area contributed by atoms with E-state index in [0.717, 1.165) is 74.1 Å². The van der Waals surface area contributed by atoms with Crippen molar-refractivity contribution in [3.63, 3.8) is 0 Å². The summed E-state index contributed by atoms with van der Waals surface area (Å²) in [7, 11) is 3.80. The maximum absolute atomic E-state index is 13.2. The summed E-state index contributed by atoms with van der Waals surface area (Å²) in [5, 5.41) is 16.6. The molecule has 0 amide bonds. The predicted octanol–water partition coefficient (Wildman–Crippen LogP) is 5.29. The number of nitrogens with zero attached hydrogens (tertiary/aromatic N) is 3. The highest BCUT2D eigenvalue weighted by atomic mass is 32.2. The number of carbonyl (C=O) groups is 2. The van der Waals surface area contributed by atoms with Crippen LogP contribution < -0.4 is 9.47 Å². The van der Waals surface area contributed by atoms with E-state index in [4.69, 9.17) is 24.7 Å². The van der Waals surface area contributed by atoms with E-state index in [1.54, 1.807) is 18.9 Å². The van der Waals surface area contributed by atoms with E-state index >= 15 is 0 Å². The first-order valence-electron chi connectivity index (χ1n) is 13.1. The van der Waals surface area contributed by atoms with Crippen molar-refractivity contribution in [1.29, 1.82) is 0 Å². The second kappa shape index (κ2) is 17.9. The van der Waals surface area contributed by atoms with Crippen LogP contribution in [-0.2, 0) is 9.59 Å². The van der Waals surface area contributed by atoms with Crippen LogP contribution >= 0.6 is 11.8 Å². The molecule has 0 saturated carbocycles. The van der Waals surface area contributed by atoms with Gasteiger partial charge < -0.3 is 29.5 Å². The number of likely N-dealkylation sites (tertiary alicyclic amines) is 1. The second-order valence-corrected chi connectivity index (χ2v) is 9.89. The van der Waals surface area contributed by atoms with E-state index in [1.807, 2.05) is 24.3 Å². The van der Waals surface area contributed by atoms with Gasteiger partial charge >= 0.3 is 11.9 Å². The Morgan fingerprint density at radius 2 is 1.63 bits per heavy atom. The van der Waals surface area contributed by atoms with Gasteiger partial charge in [0, 0.05) is 44.4 Å². The molecule has 1 saturated heterocycles. The molecule has 2 aromatic rings. The van der Waals surface area contributed by atoms with Crippen LogP contribution in [0.25, 0.3) is 0 Å². The quantitative estimate of drug-likeness (QED) is 0.155. The molecule has 2 aromatic carbocycles. The average molecular weight is 594 g/mol. The van der Waals surface area contributed by atoms with Crippen molar-refractivity contribution >= 4 is 34.6 Å². The number of rotatable bonds is 11. The van der Waals surface area contributed by atoms with Crippen molar-refractivity contribution in [2.45, 2.75) is 31.7 Å². The molecule has 1 fully saturated rings. The van der Waals surface area contributed by atoms with Crippen LogP contribution in [0.2, 0.25) is 0 Å². The zero-order valence-electron chi connectivity index (χ0n) is 23.5. The van der Waals surface area contributed by atoms with Crippen LogP contribution in [-0.4, -0.2) is 89.8 Å². The molecule has 224 valence electrons. The topological polar surface area (TPSA) is 112 Å². The van der Waals surface area contributed by atoms with E-state index in [2.05, 4.69) is 23.1 Å². The fraction of sp³-hybridized carbons (Fsp3) is 0.414. The van der Waals surface area contributed by atoms with Crippen LogP contribution in [0, 0.1) is 11.6 Å². The van der Waals surface area contributed by atoms with Gasteiger partial charge in [-0.05, 0) is 74.9 Å². The lowest BCUT2D eigenvalue weighted by Gasteiger charge is -2.37. The van der Waals surface area contributed by atoms with E-state index in [9.17, 15) is 18.4 Å². The number of halogens is 2. The third kappa shape index (κ3) is 12.6. The van der Waals surface area contributed by atoms with Crippen molar-refractivity contribution in [3.05, 3.63) is 66.3 Å². The highest BCUT2D eigenvalue weighted by Crippen LogP contribution is 2.23. The first kappa shape index (κ1) is 33.6. The largest absolute Gasteiger partial charge is 0.497 e. The Kier molecular flexibility index (Phi) is 14.7. The van der Waals surface area contributed by atoms with Crippen molar-refractivity contribution in [2.75, 3.05) is 46.7 Å². The molecule has 0 aromatic heterocycles. The Hall–Kier alpha value is -3.64. The number of aliphatic carboxylic acids is 2. The number of aliphatic imine (C=N–C) groups is 1. The van der Waals surface area contributed by atoms with Crippen LogP contribution in [0.15, 0.2) is 59.6 Å². The Balaban J connectivity index is 0.000000642. The van der Waals surface area contributed by atoms with Gasteiger partial charge in [-0.2, -0.15) is 0 Å². The van der Waals surface area contributed by atoms with Gasteiger partial charge in [-0.1, -0.05) is 11.8 Å². The third-order valence-electron chi connectivity index (χ3n) is 6.28. The van der Waals surface area contributed by atoms with E-state index < -0.39 is 23.6 Å². The van der Waals surface area contributed by atoms with Gasteiger partial charge in [0.25, 0.3) is 0 Å². The molecule has 3 rings (SSSR count). The molecule has 1 aliphatic rings. The molecule has 0 aliphatic carbocycles. The normalized spacial score (nSPS) is 14.3. The molecule has 1 aliphatic heterocycles. The molecule has 12 heteroatoms. The Bertz CT molecular complexity index is 1160. The standard InChI is InChI=1S/C25H33F2N3O2S.C4H4O4/c1-29(25(33-3)28-19-6-8-21(31-2)9-7-19)20-12-15-30(16-13-20)14-4-5-17-32-22-10-11-23(26)24(27)18-22;5-3(6)1-2-4(7)8/h6-11,18,20H,4-5,12-17H2,1-3H3;1-2H,(H,5,6)(H,7,8)/b;2-1+. The number of benzene rings is 2. The number of hydrogen-bond acceptors (Lipinski definition) is 7. The Morgan fingerprint density at radius 3 is 2.17 bits per heavy atom. The van der Waals surface area contributed by atoms with Crippen LogP contribution in [0.5, 0.6) is 11.5 Å². The van der Waals surface area contributed by atoms with Crippen molar-refractivity contribution in [3.8, 4) is 11.5 Å². The minimum absolute atomic E-state index is 0.374. The molecule has 0 atom stereocenters. The van der Waals surface area contributed by atoms with E-state index in [0.29, 0.717) is 30.6 Å². The fourth-order valence-corrected chi connectivity index (χ4v) is 4.69. The lowest BCUT2D eigenvalue weighted by Crippen LogP contribution is -2.45. The van der Waals surface area contributed by atoms with Gasteiger partial charge in [0.2, 0.25) is 0 Å². The summed E-state index contributed by atoms with van der Waals surface area (Å²) in [6, 6.07) is 11.9. The summed E-state index contributed by atoms with van der Waals surface area (Å²) in [4.78, 5) is 28.7. The molecule has 0 spiro atoms. The molecule has 0 unspecified atom stereocenters. The van der Waals surface area contributed by atoms with Crippen molar-refractivity contribution in [1.82, 2.24) is 9.80 Å². The van der Waals surface area contributed by atoms with Gasteiger partial charge in [-0.25, -0.2) is 23.4 Å². The van der Waals surface area contributed by atoms with Crippen molar-refractivity contribution in [2.24, 2.45) is 4.99 Å². The highest BCUT2D eigenvalue weighted by molar-refractivity contribution is 8.13. The highest BCUT2D eigenvalue weighted by Gasteiger charge is 2.24. The number of methoxy groups -OCH3 is 1. The number of ether oxygens (including phenoxy) is 2. The van der Waals surface area contributed by atoms with Gasteiger partial charge in [0.05, 0.1) is 19.4 Å². The summed E-state index contributed by atoms with van der Waals surface area (Å²) < 4.78 is 36.9. The number of thioether (sulfide) groups is 1. The lowest BCUT2D eigenvalue weighted by atomic mass is 10.0. The molecule has 0 radical (unpaired) electrons. The maximum atomic E-state index is 13.2. The molecular formula is C29H37F2N3O6S. The maximum Gasteiger partial charge on any atom is 0.328 e. The Morgan fingerprint density at radius 1 is 1.02 bits per heavy atom. The SMILES string of the molecule is COc1ccc(N=C(SC)N(C)C2CCN(CCCCOc3ccc(F)c(F)c3)CC2)cc1.O=C(O)/C=C/C(=O)O. The first-order chi connectivity index (χ1) is 19.6. The number of unbranched alkanes of at least 4 members (excludes halogenated alkanes) is 1. The minimum Gasteiger partial charge on any atom is -0.497 e. The summed E-state index contributed by atoms with van der Waals surface area (Å²) in [6.45, 7) is 3.64. The number of carboxylic acids is 2. The van der Waals surface area contributed by atoms with Crippen LogP contribution in [0.3, 0.4) is 0 Å². The summed E-state index contributed by atoms with van der Waals surface area (Å²) >= 11 is 1.67. The van der Waals surface area contributed by atoms with Gasteiger partial charge in [-0.3, -0.25) is 0 Å². The molecule has 2 N–H and O–H groups in total. The monoisotopic (exact) mass is 593 g/mol. The minimum atomic E-state index is -1.26. The summed E-state index contributed by atoms with van der Waals surface area (Å²) in [5.41, 5.74) is 0.926. The zero-order valence-corrected chi connectivity index (χ0v) is 24.3. The molecular weight excluding hydrogens is 556 g/mol. The Labute approximate surface area is 243 Å². The van der Waals surface area contributed by atoms with Gasteiger partial charge in [-0.15, -0.1) is 0 Å².